The summed E-state index contributed by atoms with van der Waals surface area (Å²) in [7, 11) is 1.57. The van der Waals surface area contributed by atoms with Crippen molar-refractivity contribution in [1.29, 1.82) is 0 Å². The van der Waals surface area contributed by atoms with Gasteiger partial charge in [0.15, 0.2) is 0 Å². The van der Waals surface area contributed by atoms with Gasteiger partial charge in [-0.15, -0.1) is 0 Å². The molecule has 0 amide bonds. The van der Waals surface area contributed by atoms with E-state index in [0.717, 1.165) is 0 Å². The second kappa shape index (κ2) is 5.71. The maximum Gasteiger partial charge on any atom is 0.133 e. The monoisotopic (exact) mass is 262 g/mol. The first-order valence-electron chi connectivity index (χ1n) is 5.89. The quantitative estimate of drug-likeness (QED) is 0.913. The van der Waals surface area contributed by atoms with E-state index in [9.17, 15) is 9.50 Å². The molecule has 0 heterocycles. The van der Waals surface area contributed by atoms with Crippen LogP contribution in [0, 0.1) is 5.82 Å². The van der Waals surface area contributed by atoms with Crippen molar-refractivity contribution in [3.05, 3.63) is 53.8 Å². The molecule has 4 heteroatoms. The van der Waals surface area contributed by atoms with Gasteiger partial charge in [0.1, 0.15) is 23.1 Å². The van der Waals surface area contributed by atoms with E-state index in [-0.39, 0.29) is 0 Å². The molecule has 0 saturated heterocycles. The van der Waals surface area contributed by atoms with Crippen molar-refractivity contribution in [2.75, 3.05) is 7.11 Å². The van der Waals surface area contributed by atoms with Crippen LogP contribution < -0.4 is 9.47 Å². The molecule has 0 spiro atoms. The summed E-state index contributed by atoms with van der Waals surface area (Å²) >= 11 is 0. The molecule has 1 atom stereocenters. The van der Waals surface area contributed by atoms with E-state index in [1.807, 2.05) is 0 Å². The van der Waals surface area contributed by atoms with Crippen molar-refractivity contribution < 1.29 is 19.0 Å². The topological polar surface area (TPSA) is 38.7 Å². The van der Waals surface area contributed by atoms with Gasteiger partial charge in [0, 0.05) is 11.6 Å². The largest absolute Gasteiger partial charge is 0.497 e. The van der Waals surface area contributed by atoms with Gasteiger partial charge in [0.25, 0.3) is 0 Å². The van der Waals surface area contributed by atoms with E-state index in [1.165, 1.54) is 18.2 Å². The van der Waals surface area contributed by atoms with Crippen LogP contribution in [0.1, 0.15) is 18.6 Å². The van der Waals surface area contributed by atoms with Gasteiger partial charge >= 0.3 is 0 Å². The first-order chi connectivity index (χ1) is 9.10. The fourth-order valence-corrected chi connectivity index (χ4v) is 1.73. The first-order valence-corrected chi connectivity index (χ1v) is 5.89. The molecule has 3 nitrogen and oxygen atoms in total. The molecule has 2 rings (SSSR count). The normalized spacial score (nSPS) is 12.0. The number of hydrogen-bond donors (Lipinski definition) is 1. The Morgan fingerprint density at radius 1 is 1.11 bits per heavy atom. The second-order valence-electron chi connectivity index (χ2n) is 4.14. The van der Waals surface area contributed by atoms with Gasteiger partial charge in [-0.3, -0.25) is 0 Å². The van der Waals surface area contributed by atoms with E-state index in [1.54, 1.807) is 38.3 Å². The Hall–Kier alpha value is -2.07. The van der Waals surface area contributed by atoms with Crippen molar-refractivity contribution in [2.24, 2.45) is 0 Å². The molecule has 2 aromatic carbocycles. The zero-order valence-electron chi connectivity index (χ0n) is 10.8. The minimum absolute atomic E-state index is 0.405. The zero-order valence-corrected chi connectivity index (χ0v) is 10.8. The maximum atomic E-state index is 13.2. The highest BCUT2D eigenvalue weighted by molar-refractivity contribution is 5.41. The maximum absolute atomic E-state index is 13.2. The molecule has 0 aromatic heterocycles. The van der Waals surface area contributed by atoms with Gasteiger partial charge in [-0.2, -0.15) is 0 Å². The number of benzene rings is 2. The molecule has 19 heavy (non-hydrogen) atoms. The van der Waals surface area contributed by atoms with E-state index in [0.29, 0.717) is 22.8 Å². The number of aliphatic hydroxyl groups is 1. The number of methoxy groups -OCH3 is 1. The molecule has 0 unspecified atom stereocenters. The Labute approximate surface area is 111 Å². The minimum Gasteiger partial charge on any atom is -0.497 e. The van der Waals surface area contributed by atoms with Crippen molar-refractivity contribution in [3.8, 4) is 17.2 Å². The summed E-state index contributed by atoms with van der Waals surface area (Å²) in [6, 6.07) is 11.1. The predicted octanol–water partition coefficient (Wildman–Crippen LogP) is 3.68. The Morgan fingerprint density at radius 3 is 2.53 bits per heavy atom. The predicted molar refractivity (Wildman–Crippen MR) is 70.1 cm³/mol. The van der Waals surface area contributed by atoms with E-state index in [2.05, 4.69) is 0 Å². The third-order valence-corrected chi connectivity index (χ3v) is 2.69. The van der Waals surface area contributed by atoms with Crippen LogP contribution in [-0.4, -0.2) is 12.2 Å². The third-order valence-electron chi connectivity index (χ3n) is 2.69. The van der Waals surface area contributed by atoms with E-state index < -0.39 is 11.9 Å². The number of aliphatic hydroxyl groups excluding tert-OH is 1. The second-order valence-corrected chi connectivity index (χ2v) is 4.14. The number of ether oxygens (including phenoxy) is 2. The smallest absolute Gasteiger partial charge is 0.133 e. The minimum atomic E-state index is -0.809. The van der Waals surface area contributed by atoms with Crippen molar-refractivity contribution in [1.82, 2.24) is 0 Å². The first kappa shape index (κ1) is 13.4. The summed E-state index contributed by atoms with van der Waals surface area (Å²) in [5, 5.41) is 9.64. The van der Waals surface area contributed by atoms with Gasteiger partial charge in [-0.25, -0.2) is 4.39 Å². The molecule has 0 saturated carbocycles. The molecule has 0 aliphatic rings. The van der Waals surface area contributed by atoms with Gasteiger partial charge in [-0.1, -0.05) is 6.07 Å². The van der Waals surface area contributed by atoms with E-state index in [4.69, 9.17) is 9.47 Å². The molecule has 100 valence electrons. The standard InChI is InChI=1S/C15H15FO3/c1-10(17)14-8-11(16)6-7-15(14)19-13-5-3-4-12(9-13)18-2/h3-10,17H,1-2H3/t10-/m0/s1. The third kappa shape index (κ3) is 3.23. The Balaban J connectivity index is 2.32. The zero-order chi connectivity index (χ0) is 13.8. The van der Waals surface area contributed by atoms with Crippen LogP contribution in [-0.2, 0) is 0 Å². The number of halogens is 1. The lowest BCUT2D eigenvalue weighted by Crippen LogP contribution is -1.97. The Bertz CT molecular complexity index is 567. The lowest BCUT2D eigenvalue weighted by Gasteiger charge is -2.13. The molecule has 0 aliphatic carbocycles. The fraction of sp³-hybridized carbons (Fsp3) is 0.200. The van der Waals surface area contributed by atoms with Crippen LogP contribution in [0.2, 0.25) is 0 Å². The summed E-state index contributed by atoms with van der Waals surface area (Å²) in [6.07, 6.45) is -0.809. The molecule has 2 aromatic rings. The fourth-order valence-electron chi connectivity index (χ4n) is 1.73. The highest BCUT2D eigenvalue weighted by atomic mass is 19.1. The molecule has 0 aliphatic heterocycles. The van der Waals surface area contributed by atoms with Crippen LogP contribution in [0.25, 0.3) is 0 Å². The van der Waals surface area contributed by atoms with Crippen LogP contribution in [0.15, 0.2) is 42.5 Å². The van der Waals surface area contributed by atoms with Crippen LogP contribution in [0.4, 0.5) is 4.39 Å². The molecule has 0 fully saturated rings. The molecular formula is C15H15FO3. The lowest BCUT2D eigenvalue weighted by atomic mass is 10.1. The van der Waals surface area contributed by atoms with E-state index >= 15 is 0 Å². The summed E-state index contributed by atoms with van der Waals surface area (Å²) in [5.74, 6) is 1.24. The highest BCUT2D eigenvalue weighted by Crippen LogP contribution is 2.31. The van der Waals surface area contributed by atoms with Crippen LogP contribution in [0.3, 0.4) is 0 Å². The lowest BCUT2D eigenvalue weighted by molar-refractivity contribution is 0.195. The highest BCUT2D eigenvalue weighted by Gasteiger charge is 2.11. The van der Waals surface area contributed by atoms with Gasteiger partial charge in [0.05, 0.1) is 13.2 Å². The van der Waals surface area contributed by atoms with Crippen LogP contribution in [0.5, 0.6) is 17.2 Å². The molecule has 0 bridgehead atoms. The molecule has 0 radical (unpaired) electrons. The SMILES string of the molecule is COc1cccc(Oc2ccc(F)cc2[C@H](C)O)c1. The van der Waals surface area contributed by atoms with Crippen molar-refractivity contribution in [3.63, 3.8) is 0 Å². The molecule has 1 N–H and O–H groups in total. The summed E-state index contributed by atoms with van der Waals surface area (Å²) in [6.45, 7) is 1.56. The van der Waals surface area contributed by atoms with Gasteiger partial charge in [-0.05, 0) is 37.3 Å². The van der Waals surface area contributed by atoms with Gasteiger partial charge in [0.2, 0.25) is 0 Å². The van der Waals surface area contributed by atoms with Gasteiger partial charge < -0.3 is 14.6 Å². The average Bonchev–Trinajstić information content (AvgIpc) is 2.41. The van der Waals surface area contributed by atoms with Crippen LogP contribution >= 0.6 is 0 Å². The summed E-state index contributed by atoms with van der Waals surface area (Å²) < 4.78 is 23.9. The molecular weight excluding hydrogens is 247 g/mol. The van der Waals surface area contributed by atoms with Crippen molar-refractivity contribution in [2.45, 2.75) is 13.0 Å². The van der Waals surface area contributed by atoms with Crippen molar-refractivity contribution >= 4 is 0 Å². The number of hydrogen-bond acceptors (Lipinski definition) is 3. The summed E-state index contributed by atoms with van der Waals surface area (Å²) in [5.41, 5.74) is 0.405. The summed E-state index contributed by atoms with van der Waals surface area (Å²) in [4.78, 5) is 0. The number of rotatable bonds is 4. The Morgan fingerprint density at radius 2 is 1.84 bits per heavy atom. The Kier molecular flexibility index (Phi) is 4.02. The average molecular weight is 262 g/mol.